The summed E-state index contributed by atoms with van der Waals surface area (Å²) in [6, 6.07) is 7.10. The predicted octanol–water partition coefficient (Wildman–Crippen LogP) is 3.32. The van der Waals surface area contributed by atoms with E-state index in [0.717, 1.165) is 41.0 Å². The lowest BCUT2D eigenvalue weighted by Gasteiger charge is -2.23. The van der Waals surface area contributed by atoms with Gasteiger partial charge in [-0.15, -0.1) is 0 Å². The fourth-order valence-electron chi connectivity index (χ4n) is 2.20. The Bertz CT molecular complexity index is 609. The molecule has 0 aliphatic carbocycles. The Morgan fingerprint density at radius 3 is 2.85 bits per heavy atom. The zero-order valence-electron chi connectivity index (χ0n) is 11.0. The third-order valence-corrected chi connectivity index (χ3v) is 4.72. The van der Waals surface area contributed by atoms with Gasteiger partial charge in [-0.1, -0.05) is 11.6 Å². The van der Waals surface area contributed by atoms with E-state index in [-0.39, 0.29) is 5.91 Å². The van der Waals surface area contributed by atoms with Crippen LogP contribution in [0.15, 0.2) is 39.9 Å². The summed E-state index contributed by atoms with van der Waals surface area (Å²) in [6.07, 6.45) is 1.04. The minimum absolute atomic E-state index is 0.0908. The Morgan fingerprint density at radius 1 is 1.40 bits per heavy atom. The number of thioether (sulfide) groups is 1. The fraction of sp³-hybridized carbons (Fsp3) is 0.286. The van der Waals surface area contributed by atoms with Crippen molar-refractivity contribution < 1.29 is 4.79 Å². The molecule has 0 fully saturated rings. The van der Waals surface area contributed by atoms with E-state index in [0.29, 0.717) is 5.02 Å². The number of rotatable bonds is 2. The molecule has 4 nitrogen and oxygen atoms in total. The van der Waals surface area contributed by atoms with Gasteiger partial charge < -0.3 is 10.2 Å². The standard InChI is InChI=1S/C14H14ClN3OS/c1-9-12(20-14-16-7-2-8-18(9)14)13(19)17-11-5-3-10(15)4-6-11/h3-6H,2,7-8H2,1H3,(H,17,19). The molecule has 6 heteroatoms. The number of amidine groups is 1. The van der Waals surface area contributed by atoms with Gasteiger partial charge in [0.25, 0.3) is 5.91 Å². The third-order valence-electron chi connectivity index (χ3n) is 3.25. The van der Waals surface area contributed by atoms with Gasteiger partial charge in [-0.05, 0) is 49.4 Å². The Balaban J connectivity index is 1.77. The van der Waals surface area contributed by atoms with Gasteiger partial charge in [-0.25, -0.2) is 0 Å². The summed E-state index contributed by atoms with van der Waals surface area (Å²) in [4.78, 5) is 19.6. The molecule has 0 bridgehead atoms. The molecule has 20 heavy (non-hydrogen) atoms. The SMILES string of the molecule is CC1=C(C(=O)Nc2ccc(Cl)cc2)SC2=NCCCN21. The molecular formula is C14H14ClN3OS. The van der Waals surface area contributed by atoms with E-state index in [2.05, 4.69) is 15.2 Å². The molecule has 104 valence electrons. The zero-order valence-corrected chi connectivity index (χ0v) is 12.6. The first-order chi connectivity index (χ1) is 9.65. The monoisotopic (exact) mass is 307 g/mol. The first kappa shape index (κ1) is 13.5. The first-order valence-electron chi connectivity index (χ1n) is 6.43. The molecule has 0 spiro atoms. The summed E-state index contributed by atoms with van der Waals surface area (Å²) in [7, 11) is 0. The van der Waals surface area contributed by atoms with Gasteiger partial charge in [0.05, 0.1) is 4.91 Å². The van der Waals surface area contributed by atoms with Gasteiger partial charge >= 0.3 is 0 Å². The van der Waals surface area contributed by atoms with Crippen LogP contribution in [0.25, 0.3) is 0 Å². The van der Waals surface area contributed by atoms with Crippen molar-refractivity contribution in [1.82, 2.24) is 4.90 Å². The highest BCUT2D eigenvalue weighted by molar-refractivity contribution is 8.18. The van der Waals surface area contributed by atoms with Crippen molar-refractivity contribution in [3.05, 3.63) is 39.9 Å². The number of carbonyl (C=O) groups excluding carboxylic acids is 1. The van der Waals surface area contributed by atoms with Crippen molar-refractivity contribution in [2.75, 3.05) is 18.4 Å². The smallest absolute Gasteiger partial charge is 0.264 e. The molecule has 2 aliphatic rings. The van der Waals surface area contributed by atoms with Crippen molar-refractivity contribution >= 4 is 40.1 Å². The molecule has 0 radical (unpaired) electrons. The summed E-state index contributed by atoms with van der Waals surface area (Å²) >= 11 is 7.28. The van der Waals surface area contributed by atoms with Crippen molar-refractivity contribution in [1.29, 1.82) is 0 Å². The summed E-state index contributed by atoms with van der Waals surface area (Å²) in [5.41, 5.74) is 1.73. The van der Waals surface area contributed by atoms with Gasteiger partial charge in [0.2, 0.25) is 0 Å². The Hall–Kier alpha value is -1.46. The van der Waals surface area contributed by atoms with Crippen LogP contribution in [-0.2, 0) is 4.79 Å². The molecule has 1 amide bonds. The van der Waals surface area contributed by atoms with E-state index in [9.17, 15) is 4.79 Å². The van der Waals surface area contributed by atoms with E-state index < -0.39 is 0 Å². The predicted molar refractivity (Wildman–Crippen MR) is 84.0 cm³/mol. The Labute approximate surface area is 126 Å². The van der Waals surface area contributed by atoms with Crippen LogP contribution in [0.4, 0.5) is 5.69 Å². The normalized spacial score (nSPS) is 17.9. The lowest BCUT2D eigenvalue weighted by Crippen LogP contribution is -2.28. The zero-order chi connectivity index (χ0) is 14.1. The number of amides is 1. The average Bonchev–Trinajstić information content (AvgIpc) is 2.79. The molecule has 1 aromatic rings. The number of allylic oxidation sites excluding steroid dienone is 1. The van der Waals surface area contributed by atoms with Crippen LogP contribution in [-0.4, -0.2) is 29.1 Å². The number of nitrogens with zero attached hydrogens (tertiary/aromatic N) is 2. The van der Waals surface area contributed by atoms with E-state index in [1.807, 2.05) is 6.92 Å². The highest BCUT2D eigenvalue weighted by atomic mass is 35.5. The maximum Gasteiger partial charge on any atom is 0.264 e. The number of fused-ring (bicyclic) bond motifs is 1. The van der Waals surface area contributed by atoms with Crippen molar-refractivity contribution in [3.8, 4) is 0 Å². The molecule has 0 unspecified atom stereocenters. The van der Waals surface area contributed by atoms with Crippen molar-refractivity contribution in [2.24, 2.45) is 4.99 Å². The second-order valence-electron chi connectivity index (χ2n) is 4.65. The summed E-state index contributed by atoms with van der Waals surface area (Å²) in [5, 5.41) is 4.49. The molecule has 0 saturated heterocycles. The van der Waals surface area contributed by atoms with Gasteiger partial charge in [-0.3, -0.25) is 9.79 Å². The van der Waals surface area contributed by atoms with Gasteiger partial charge in [0.15, 0.2) is 5.17 Å². The van der Waals surface area contributed by atoms with Crippen molar-refractivity contribution in [2.45, 2.75) is 13.3 Å². The minimum atomic E-state index is -0.0908. The van der Waals surface area contributed by atoms with Gasteiger partial charge in [-0.2, -0.15) is 0 Å². The molecule has 2 heterocycles. The second kappa shape index (κ2) is 5.50. The van der Waals surface area contributed by atoms with Crippen LogP contribution in [0.1, 0.15) is 13.3 Å². The number of carbonyl (C=O) groups is 1. The molecule has 1 aromatic carbocycles. The number of benzene rings is 1. The number of anilines is 1. The average molecular weight is 308 g/mol. The van der Waals surface area contributed by atoms with Crippen LogP contribution in [0.5, 0.6) is 0 Å². The first-order valence-corrected chi connectivity index (χ1v) is 7.62. The number of nitrogens with one attached hydrogen (secondary N) is 1. The number of halogens is 1. The van der Waals surface area contributed by atoms with E-state index >= 15 is 0 Å². The highest BCUT2D eigenvalue weighted by Gasteiger charge is 2.31. The fourth-order valence-corrected chi connectivity index (χ4v) is 3.41. The van der Waals surface area contributed by atoms with Gasteiger partial charge in [0, 0.05) is 29.5 Å². The van der Waals surface area contributed by atoms with Crippen LogP contribution >= 0.6 is 23.4 Å². The number of aliphatic imine (C=N–C) groups is 1. The Kier molecular flexibility index (Phi) is 3.72. The summed E-state index contributed by atoms with van der Waals surface area (Å²) < 4.78 is 0. The largest absolute Gasteiger partial charge is 0.324 e. The van der Waals surface area contributed by atoms with E-state index in [1.165, 1.54) is 11.8 Å². The summed E-state index contributed by atoms with van der Waals surface area (Å²) in [6.45, 7) is 3.76. The lowest BCUT2D eigenvalue weighted by molar-refractivity contribution is -0.112. The number of hydrogen-bond donors (Lipinski definition) is 1. The maximum absolute atomic E-state index is 12.3. The topological polar surface area (TPSA) is 44.7 Å². The number of hydrogen-bond acceptors (Lipinski definition) is 4. The van der Waals surface area contributed by atoms with Crippen LogP contribution in [0.2, 0.25) is 5.02 Å². The third kappa shape index (κ3) is 2.55. The molecule has 2 aliphatic heterocycles. The maximum atomic E-state index is 12.3. The van der Waals surface area contributed by atoms with Gasteiger partial charge in [0.1, 0.15) is 0 Å². The lowest BCUT2D eigenvalue weighted by atomic mass is 10.3. The molecular weight excluding hydrogens is 294 g/mol. The van der Waals surface area contributed by atoms with Crippen LogP contribution in [0.3, 0.4) is 0 Å². The van der Waals surface area contributed by atoms with E-state index in [4.69, 9.17) is 11.6 Å². The highest BCUT2D eigenvalue weighted by Crippen LogP contribution is 2.36. The van der Waals surface area contributed by atoms with E-state index in [1.54, 1.807) is 24.3 Å². The second-order valence-corrected chi connectivity index (χ2v) is 6.06. The van der Waals surface area contributed by atoms with Crippen molar-refractivity contribution in [3.63, 3.8) is 0 Å². The Morgan fingerprint density at radius 2 is 2.15 bits per heavy atom. The summed E-state index contributed by atoms with van der Waals surface area (Å²) in [5.74, 6) is -0.0908. The molecule has 0 aromatic heterocycles. The minimum Gasteiger partial charge on any atom is -0.324 e. The molecule has 0 saturated carbocycles. The quantitative estimate of drug-likeness (QED) is 0.911. The van der Waals surface area contributed by atoms with Crippen LogP contribution in [0, 0.1) is 0 Å². The molecule has 1 N–H and O–H groups in total. The van der Waals surface area contributed by atoms with Crippen LogP contribution < -0.4 is 5.32 Å². The molecule has 3 rings (SSSR count). The molecule has 0 atom stereocenters.